The molecule has 1 aliphatic carbocycles. The molecule has 5 heteroatoms. The molecular weight excluding hydrogens is 244 g/mol. The van der Waals surface area contributed by atoms with E-state index < -0.39 is 0 Å². The molecule has 0 aromatic rings. The van der Waals surface area contributed by atoms with Crippen LogP contribution in [-0.2, 0) is 14.3 Å². The predicted octanol–water partition coefficient (Wildman–Crippen LogP) is 1.07. The molecular formula is C14H24N2O3. The van der Waals surface area contributed by atoms with Gasteiger partial charge in [-0.05, 0) is 26.2 Å². The highest BCUT2D eigenvalue weighted by Crippen LogP contribution is 2.30. The van der Waals surface area contributed by atoms with Crippen molar-refractivity contribution in [2.45, 2.75) is 57.0 Å². The number of nitrogens with zero attached hydrogens (tertiary/aromatic N) is 1. The largest absolute Gasteiger partial charge is 0.382 e. The predicted molar refractivity (Wildman–Crippen MR) is 71.6 cm³/mol. The molecule has 1 N–H and O–H groups in total. The van der Waals surface area contributed by atoms with E-state index in [4.69, 9.17) is 4.74 Å². The number of nitrogens with one attached hydrogen (secondary N) is 1. The molecule has 2 rings (SSSR count). The van der Waals surface area contributed by atoms with Crippen molar-refractivity contribution in [3.05, 3.63) is 0 Å². The highest BCUT2D eigenvalue weighted by molar-refractivity contribution is 5.88. The van der Waals surface area contributed by atoms with Gasteiger partial charge in [0.2, 0.25) is 11.8 Å². The first kappa shape index (κ1) is 14.3. The van der Waals surface area contributed by atoms with Gasteiger partial charge >= 0.3 is 0 Å². The maximum absolute atomic E-state index is 12.4. The van der Waals surface area contributed by atoms with Crippen LogP contribution in [0.25, 0.3) is 0 Å². The van der Waals surface area contributed by atoms with Crippen molar-refractivity contribution in [3.8, 4) is 0 Å². The third-order valence-electron chi connectivity index (χ3n) is 4.33. The minimum atomic E-state index is -0.371. The Labute approximate surface area is 114 Å². The Hall–Kier alpha value is -1.10. The molecule has 1 saturated heterocycles. The molecule has 0 aromatic heterocycles. The van der Waals surface area contributed by atoms with Crippen molar-refractivity contribution >= 4 is 11.8 Å². The number of rotatable bonds is 5. The normalized spacial score (nSPS) is 23.7. The average molecular weight is 268 g/mol. The van der Waals surface area contributed by atoms with Crippen molar-refractivity contribution in [2.75, 3.05) is 20.3 Å². The Kier molecular flexibility index (Phi) is 4.45. The van der Waals surface area contributed by atoms with Gasteiger partial charge in [-0.15, -0.1) is 0 Å². The van der Waals surface area contributed by atoms with Gasteiger partial charge in [-0.2, -0.15) is 0 Å². The van der Waals surface area contributed by atoms with E-state index in [2.05, 4.69) is 5.32 Å². The molecule has 0 radical (unpaired) electrons. The third kappa shape index (κ3) is 3.08. The van der Waals surface area contributed by atoms with E-state index in [-0.39, 0.29) is 23.4 Å². The van der Waals surface area contributed by atoms with Crippen molar-refractivity contribution < 1.29 is 14.3 Å². The Morgan fingerprint density at radius 2 is 2.11 bits per heavy atom. The lowest BCUT2D eigenvalue weighted by molar-refractivity contribution is -0.138. The number of methoxy groups -OCH3 is 1. The molecule has 0 spiro atoms. The molecule has 1 saturated carbocycles. The van der Waals surface area contributed by atoms with Gasteiger partial charge in [-0.3, -0.25) is 9.59 Å². The zero-order valence-corrected chi connectivity index (χ0v) is 11.9. The standard InChI is InChI=1S/C14H24N2O3/c1-11(16-9-5-6-12(16)17)13(18)15-14(10-19-2)7-3-4-8-14/h11H,3-10H2,1-2H3,(H,15,18). The summed E-state index contributed by atoms with van der Waals surface area (Å²) < 4.78 is 5.26. The monoisotopic (exact) mass is 268 g/mol. The zero-order chi connectivity index (χ0) is 13.9. The number of carbonyl (C=O) groups is 2. The fourth-order valence-electron chi connectivity index (χ4n) is 3.22. The van der Waals surface area contributed by atoms with Crippen LogP contribution < -0.4 is 5.32 Å². The summed E-state index contributed by atoms with van der Waals surface area (Å²) in [5.41, 5.74) is -0.219. The number of likely N-dealkylation sites (tertiary alicyclic amines) is 1. The molecule has 2 amide bonds. The van der Waals surface area contributed by atoms with Gasteiger partial charge in [0.1, 0.15) is 6.04 Å². The summed E-state index contributed by atoms with van der Waals surface area (Å²) in [4.78, 5) is 25.7. The summed E-state index contributed by atoms with van der Waals surface area (Å²) in [6.45, 7) is 3.07. The van der Waals surface area contributed by atoms with E-state index in [0.717, 1.165) is 32.1 Å². The van der Waals surface area contributed by atoms with Crippen LogP contribution in [0.1, 0.15) is 45.4 Å². The fraction of sp³-hybridized carbons (Fsp3) is 0.857. The second-order valence-electron chi connectivity index (χ2n) is 5.78. The molecule has 2 aliphatic rings. The molecule has 5 nitrogen and oxygen atoms in total. The van der Waals surface area contributed by atoms with Crippen molar-refractivity contribution in [1.29, 1.82) is 0 Å². The Bertz CT molecular complexity index is 351. The minimum absolute atomic E-state index is 0.0470. The van der Waals surface area contributed by atoms with E-state index in [1.54, 1.807) is 12.0 Å². The molecule has 0 bridgehead atoms. The highest BCUT2D eigenvalue weighted by Gasteiger charge is 2.38. The SMILES string of the molecule is COCC1(NC(=O)C(C)N2CCCC2=O)CCCC1. The summed E-state index contributed by atoms with van der Waals surface area (Å²) in [7, 11) is 1.67. The quantitative estimate of drug-likeness (QED) is 0.811. The van der Waals surface area contributed by atoms with E-state index in [1.165, 1.54) is 0 Å². The van der Waals surface area contributed by atoms with Gasteiger partial charge in [-0.25, -0.2) is 0 Å². The summed E-state index contributed by atoms with van der Waals surface area (Å²) in [6, 6.07) is -0.371. The molecule has 2 fully saturated rings. The van der Waals surface area contributed by atoms with Crippen molar-refractivity contribution in [3.63, 3.8) is 0 Å². The molecule has 108 valence electrons. The maximum Gasteiger partial charge on any atom is 0.243 e. The van der Waals surface area contributed by atoms with E-state index >= 15 is 0 Å². The number of ether oxygens (including phenoxy) is 1. The molecule has 1 unspecified atom stereocenters. The third-order valence-corrected chi connectivity index (χ3v) is 4.33. The van der Waals surface area contributed by atoms with E-state index in [9.17, 15) is 9.59 Å². The Morgan fingerprint density at radius 3 is 2.63 bits per heavy atom. The van der Waals surface area contributed by atoms with Crippen LogP contribution in [-0.4, -0.2) is 48.6 Å². The summed E-state index contributed by atoms with van der Waals surface area (Å²) in [5.74, 6) is 0.0454. The first-order chi connectivity index (χ1) is 9.08. The number of hydrogen-bond donors (Lipinski definition) is 1. The lowest BCUT2D eigenvalue weighted by atomic mass is 9.98. The highest BCUT2D eigenvalue weighted by atomic mass is 16.5. The first-order valence-corrected chi connectivity index (χ1v) is 7.18. The molecule has 0 aromatic carbocycles. The maximum atomic E-state index is 12.4. The van der Waals surface area contributed by atoms with Crippen molar-refractivity contribution in [2.24, 2.45) is 0 Å². The van der Waals surface area contributed by atoms with Crippen LogP contribution in [0.3, 0.4) is 0 Å². The van der Waals surface area contributed by atoms with Gasteiger partial charge in [0.25, 0.3) is 0 Å². The van der Waals surface area contributed by atoms with E-state index in [0.29, 0.717) is 19.6 Å². The second kappa shape index (κ2) is 5.90. The van der Waals surface area contributed by atoms with Crippen LogP contribution >= 0.6 is 0 Å². The van der Waals surface area contributed by atoms with Crippen LogP contribution in [0.4, 0.5) is 0 Å². The molecule has 1 heterocycles. The minimum Gasteiger partial charge on any atom is -0.382 e. The average Bonchev–Trinajstić information content (AvgIpc) is 2.98. The lowest BCUT2D eigenvalue weighted by Gasteiger charge is -2.33. The first-order valence-electron chi connectivity index (χ1n) is 7.18. The van der Waals surface area contributed by atoms with Crippen molar-refractivity contribution in [1.82, 2.24) is 10.2 Å². The summed E-state index contributed by atoms with van der Waals surface area (Å²) >= 11 is 0. The zero-order valence-electron chi connectivity index (χ0n) is 11.9. The van der Waals surface area contributed by atoms with Gasteiger partial charge in [0.15, 0.2) is 0 Å². The molecule has 19 heavy (non-hydrogen) atoms. The number of hydrogen-bond acceptors (Lipinski definition) is 3. The Balaban J connectivity index is 1.97. The second-order valence-corrected chi connectivity index (χ2v) is 5.78. The van der Waals surface area contributed by atoms with Gasteiger partial charge < -0.3 is 15.0 Å². The molecule has 1 atom stereocenters. The topological polar surface area (TPSA) is 58.6 Å². The van der Waals surface area contributed by atoms with Crippen LogP contribution in [0, 0.1) is 0 Å². The van der Waals surface area contributed by atoms with E-state index in [1.807, 2.05) is 6.92 Å². The fourth-order valence-corrected chi connectivity index (χ4v) is 3.22. The van der Waals surface area contributed by atoms with Crippen LogP contribution in [0.15, 0.2) is 0 Å². The lowest BCUT2D eigenvalue weighted by Crippen LogP contribution is -2.55. The molecule has 1 aliphatic heterocycles. The van der Waals surface area contributed by atoms with Crippen LogP contribution in [0.2, 0.25) is 0 Å². The summed E-state index contributed by atoms with van der Waals surface area (Å²) in [5, 5.41) is 3.13. The smallest absolute Gasteiger partial charge is 0.243 e. The van der Waals surface area contributed by atoms with Gasteiger partial charge in [0, 0.05) is 20.1 Å². The number of carbonyl (C=O) groups excluding carboxylic acids is 2. The van der Waals surface area contributed by atoms with Gasteiger partial charge in [0.05, 0.1) is 12.1 Å². The number of amides is 2. The van der Waals surface area contributed by atoms with Gasteiger partial charge in [-0.1, -0.05) is 12.8 Å². The van der Waals surface area contributed by atoms with Crippen LogP contribution in [0.5, 0.6) is 0 Å². The Morgan fingerprint density at radius 1 is 1.42 bits per heavy atom. The summed E-state index contributed by atoms with van der Waals surface area (Å²) in [6.07, 6.45) is 5.61.